The van der Waals surface area contributed by atoms with E-state index >= 15 is 0 Å². The second-order valence-corrected chi connectivity index (χ2v) is 2.28. The fraction of sp³-hybridized carbons (Fsp3) is 0.222. The minimum Gasteiger partial charge on any atom is -0.326 e. The Morgan fingerprint density at radius 1 is 1.60 bits per heavy atom. The van der Waals surface area contributed by atoms with Crippen LogP contribution >= 0.6 is 0 Å². The van der Waals surface area contributed by atoms with Crippen LogP contribution in [0.15, 0.2) is 41.2 Å². The van der Waals surface area contributed by atoms with Crippen LogP contribution in [-0.4, -0.2) is 6.54 Å². The van der Waals surface area contributed by atoms with Crippen molar-refractivity contribution >= 4 is 0 Å². The van der Waals surface area contributed by atoms with Crippen LogP contribution in [0.4, 0.5) is 0 Å². The van der Waals surface area contributed by atoms with Crippen LogP contribution in [-0.2, 0) is 0 Å². The van der Waals surface area contributed by atoms with Crippen LogP contribution in [0.3, 0.4) is 0 Å². The molecule has 10 heavy (non-hydrogen) atoms. The molecule has 0 atom stereocenters. The maximum atomic E-state index is 5.44. The minimum absolute atomic E-state index is 0.588. The molecule has 1 aliphatic rings. The molecule has 1 heteroatoms. The Morgan fingerprint density at radius 3 is 3.10 bits per heavy atom. The minimum atomic E-state index is 0.588. The van der Waals surface area contributed by atoms with Gasteiger partial charge in [-0.25, -0.2) is 0 Å². The molecule has 0 unspecified atom stereocenters. The third-order valence-electron chi connectivity index (χ3n) is 1.38. The second kappa shape index (κ2) is 3.21. The van der Waals surface area contributed by atoms with Crippen LogP contribution < -0.4 is 5.73 Å². The molecule has 2 N–H and O–H groups in total. The molecule has 1 aliphatic carbocycles. The largest absolute Gasteiger partial charge is 0.326 e. The van der Waals surface area contributed by atoms with Crippen molar-refractivity contribution in [3.8, 4) is 0 Å². The Morgan fingerprint density at radius 2 is 2.40 bits per heavy atom. The first kappa shape index (κ1) is 7.07. The molecule has 0 saturated carbocycles. The van der Waals surface area contributed by atoms with E-state index in [4.69, 9.17) is 5.73 Å². The third-order valence-corrected chi connectivity index (χ3v) is 1.38. The van der Waals surface area contributed by atoms with E-state index in [1.807, 2.05) is 31.2 Å². The van der Waals surface area contributed by atoms with Crippen molar-refractivity contribution in [2.45, 2.75) is 6.92 Å². The van der Waals surface area contributed by atoms with Gasteiger partial charge in [0.2, 0.25) is 0 Å². The molecule has 0 amide bonds. The lowest BCUT2D eigenvalue weighted by Crippen LogP contribution is -1.99. The normalized spacial score (nSPS) is 16.2. The van der Waals surface area contributed by atoms with Crippen molar-refractivity contribution in [2.24, 2.45) is 5.73 Å². The summed E-state index contributed by atoms with van der Waals surface area (Å²) in [4.78, 5) is 0. The summed E-state index contributed by atoms with van der Waals surface area (Å²) in [5, 5.41) is 0. The van der Waals surface area contributed by atoms with Crippen molar-refractivity contribution < 1.29 is 0 Å². The zero-order valence-corrected chi connectivity index (χ0v) is 6.09. The summed E-state index contributed by atoms with van der Waals surface area (Å²) in [6.45, 7) is 2.60. The molecule has 0 fully saturated rings. The average Bonchev–Trinajstić information content (AvgIpc) is 2.14. The molecule has 0 heterocycles. The molecule has 0 aromatic carbocycles. The van der Waals surface area contributed by atoms with Crippen LogP contribution in [0.1, 0.15) is 6.92 Å². The van der Waals surface area contributed by atoms with Gasteiger partial charge in [-0.15, -0.1) is 5.73 Å². The smallest absolute Gasteiger partial charge is 0.0184 e. The second-order valence-electron chi connectivity index (χ2n) is 2.28. The predicted octanol–water partition coefficient (Wildman–Crippen LogP) is 1.54. The van der Waals surface area contributed by atoms with Gasteiger partial charge < -0.3 is 5.73 Å². The van der Waals surface area contributed by atoms with E-state index in [0.717, 1.165) is 11.1 Å². The quantitative estimate of drug-likeness (QED) is 0.539. The summed E-state index contributed by atoms with van der Waals surface area (Å²) < 4.78 is 0. The monoisotopic (exact) mass is 133 g/mol. The molecule has 0 aliphatic heterocycles. The first-order chi connectivity index (χ1) is 4.83. The summed E-state index contributed by atoms with van der Waals surface area (Å²) in [5.74, 6) is 0. The lowest BCUT2D eigenvalue weighted by Gasteiger charge is -1.88. The lowest BCUT2D eigenvalue weighted by atomic mass is 10.2. The van der Waals surface area contributed by atoms with Gasteiger partial charge in [-0.3, -0.25) is 0 Å². The van der Waals surface area contributed by atoms with Crippen LogP contribution in [0.25, 0.3) is 0 Å². The highest BCUT2D eigenvalue weighted by molar-refractivity contribution is 5.33. The molecule has 52 valence electrons. The van der Waals surface area contributed by atoms with Crippen molar-refractivity contribution in [1.82, 2.24) is 0 Å². The summed E-state index contributed by atoms with van der Waals surface area (Å²) in [7, 11) is 0. The van der Waals surface area contributed by atoms with E-state index in [9.17, 15) is 0 Å². The van der Waals surface area contributed by atoms with Gasteiger partial charge in [-0.1, -0.05) is 18.2 Å². The molecule has 0 bridgehead atoms. The zero-order valence-electron chi connectivity index (χ0n) is 6.09. The summed E-state index contributed by atoms with van der Waals surface area (Å²) in [5.41, 5.74) is 10.8. The van der Waals surface area contributed by atoms with Crippen molar-refractivity contribution in [2.75, 3.05) is 6.54 Å². The van der Waals surface area contributed by atoms with Gasteiger partial charge in [0.05, 0.1) is 0 Å². The Hall–Kier alpha value is -1.04. The lowest BCUT2D eigenvalue weighted by molar-refractivity contribution is 1.19. The van der Waals surface area contributed by atoms with E-state index in [0.29, 0.717) is 6.54 Å². The molecular weight excluding hydrogens is 122 g/mol. The van der Waals surface area contributed by atoms with Gasteiger partial charge in [0.1, 0.15) is 0 Å². The van der Waals surface area contributed by atoms with Crippen LogP contribution in [0, 0.1) is 0 Å². The van der Waals surface area contributed by atoms with E-state index < -0.39 is 0 Å². The maximum absolute atomic E-state index is 5.44. The number of allylic oxidation sites excluding steroid dienone is 3. The molecule has 0 aromatic heterocycles. The van der Waals surface area contributed by atoms with Gasteiger partial charge in [0.15, 0.2) is 0 Å². The van der Waals surface area contributed by atoms with Gasteiger partial charge in [0.25, 0.3) is 0 Å². The van der Waals surface area contributed by atoms with Gasteiger partial charge >= 0.3 is 0 Å². The van der Waals surface area contributed by atoms with Gasteiger partial charge in [0, 0.05) is 6.54 Å². The standard InChI is InChI=1S/C9H11N/c1-8-3-2-4-9(7-10)6-5-8/h2-4,6H,7,10H2,1H3. The van der Waals surface area contributed by atoms with Gasteiger partial charge in [-0.05, 0) is 24.1 Å². The Bertz CT molecular complexity index is 237. The van der Waals surface area contributed by atoms with Crippen molar-refractivity contribution in [3.63, 3.8) is 0 Å². The SMILES string of the molecule is CC1=C=CC(CN)=CC=C1. The molecule has 1 rings (SSSR count). The fourth-order valence-corrected chi connectivity index (χ4v) is 0.746. The first-order valence-electron chi connectivity index (χ1n) is 3.33. The van der Waals surface area contributed by atoms with E-state index in [2.05, 4.69) is 5.73 Å². The Kier molecular flexibility index (Phi) is 2.27. The number of hydrogen-bond donors (Lipinski definition) is 1. The van der Waals surface area contributed by atoms with Gasteiger partial charge in [-0.2, -0.15) is 0 Å². The summed E-state index contributed by atoms with van der Waals surface area (Å²) >= 11 is 0. The van der Waals surface area contributed by atoms with Crippen LogP contribution in [0.5, 0.6) is 0 Å². The van der Waals surface area contributed by atoms with E-state index in [1.165, 1.54) is 0 Å². The molecule has 0 saturated heterocycles. The Labute approximate surface area is 61.2 Å². The number of rotatable bonds is 1. The highest BCUT2D eigenvalue weighted by Gasteiger charge is 1.87. The van der Waals surface area contributed by atoms with E-state index in [1.54, 1.807) is 0 Å². The highest BCUT2D eigenvalue weighted by Crippen LogP contribution is 2.02. The van der Waals surface area contributed by atoms with Crippen molar-refractivity contribution in [3.05, 3.63) is 41.2 Å². The van der Waals surface area contributed by atoms with E-state index in [-0.39, 0.29) is 0 Å². The highest BCUT2D eigenvalue weighted by atomic mass is 14.5. The molecular formula is C9H11N. The average molecular weight is 133 g/mol. The maximum Gasteiger partial charge on any atom is 0.0184 e. The fourth-order valence-electron chi connectivity index (χ4n) is 0.746. The zero-order chi connectivity index (χ0) is 7.40. The van der Waals surface area contributed by atoms with Crippen LogP contribution in [0.2, 0.25) is 0 Å². The topological polar surface area (TPSA) is 26.0 Å². The summed E-state index contributed by atoms with van der Waals surface area (Å²) in [6, 6.07) is 0. The third kappa shape index (κ3) is 1.73. The Balaban J connectivity index is 2.91. The first-order valence-corrected chi connectivity index (χ1v) is 3.33. The molecule has 0 spiro atoms. The predicted molar refractivity (Wildman–Crippen MR) is 43.5 cm³/mol. The number of nitrogens with two attached hydrogens (primary N) is 1. The molecule has 0 aromatic rings. The summed E-state index contributed by atoms with van der Waals surface area (Å²) in [6.07, 6.45) is 7.94. The molecule has 0 radical (unpaired) electrons. The molecule has 1 nitrogen and oxygen atoms in total. The van der Waals surface area contributed by atoms with Crippen molar-refractivity contribution in [1.29, 1.82) is 0 Å². The number of hydrogen-bond acceptors (Lipinski definition) is 1.